The Morgan fingerprint density at radius 1 is 1.00 bits per heavy atom. The lowest BCUT2D eigenvalue weighted by Crippen LogP contribution is -2.34. The van der Waals surface area contributed by atoms with Gasteiger partial charge in [-0.15, -0.1) is 5.10 Å². The Labute approximate surface area is 234 Å². The number of hydrogen-bond donors (Lipinski definition) is 1. The van der Waals surface area contributed by atoms with Crippen LogP contribution in [0.2, 0.25) is 0 Å². The number of rotatable bonds is 9. The number of hydrogen-bond acceptors (Lipinski definition) is 6. The Bertz CT molecular complexity index is 1460. The Morgan fingerprint density at radius 3 is 2.41 bits per heavy atom. The maximum Gasteiger partial charge on any atom is 0.416 e. The first-order chi connectivity index (χ1) is 19.6. The summed E-state index contributed by atoms with van der Waals surface area (Å²) in [5.74, 6) is -2.65. The number of fused-ring (bicyclic) bond motifs is 1. The molecule has 218 valence electrons. The SMILES string of the molecule is O=C(O)[C@H]1[C@H](Cn2nnc3ccc(C(F)(F)F)cc3c2=O)CC[C@@H]1C(=O)c1ccc(OCCC2CCCCC2)cc1. The van der Waals surface area contributed by atoms with Gasteiger partial charge in [0, 0.05) is 11.5 Å². The third-order valence-corrected chi connectivity index (χ3v) is 8.53. The highest BCUT2D eigenvalue weighted by molar-refractivity contribution is 6.00. The monoisotopic (exact) mass is 571 g/mol. The Kier molecular flexibility index (Phi) is 8.42. The van der Waals surface area contributed by atoms with Crippen molar-refractivity contribution in [3.8, 4) is 5.75 Å². The van der Waals surface area contributed by atoms with Crippen molar-refractivity contribution >= 4 is 22.7 Å². The number of benzene rings is 2. The summed E-state index contributed by atoms with van der Waals surface area (Å²) in [7, 11) is 0. The largest absolute Gasteiger partial charge is 0.494 e. The molecular formula is C30H32F3N3O5. The molecule has 5 rings (SSSR count). The van der Waals surface area contributed by atoms with Crippen LogP contribution in [0.1, 0.15) is 67.3 Å². The van der Waals surface area contributed by atoms with E-state index >= 15 is 0 Å². The van der Waals surface area contributed by atoms with Crippen LogP contribution in [0.25, 0.3) is 10.9 Å². The highest BCUT2D eigenvalue weighted by Gasteiger charge is 2.45. The zero-order valence-corrected chi connectivity index (χ0v) is 22.5. The summed E-state index contributed by atoms with van der Waals surface area (Å²) in [4.78, 5) is 38.6. The van der Waals surface area contributed by atoms with Crippen LogP contribution in [-0.4, -0.2) is 38.5 Å². The fourth-order valence-electron chi connectivity index (χ4n) is 6.30. The molecule has 2 aliphatic carbocycles. The van der Waals surface area contributed by atoms with Crippen molar-refractivity contribution in [2.24, 2.45) is 23.7 Å². The minimum Gasteiger partial charge on any atom is -0.494 e. The number of carboxylic acids is 1. The van der Waals surface area contributed by atoms with Crippen LogP contribution in [0.5, 0.6) is 5.75 Å². The first-order valence-electron chi connectivity index (χ1n) is 14.1. The van der Waals surface area contributed by atoms with E-state index in [1.165, 1.54) is 32.1 Å². The minimum absolute atomic E-state index is 0.00919. The Hall–Kier alpha value is -3.76. The lowest BCUT2D eigenvalue weighted by Gasteiger charge is -2.21. The zero-order chi connectivity index (χ0) is 29.1. The molecule has 2 fully saturated rings. The topological polar surface area (TPSA) is 111 Å². The van der Waals surface area contributed by atoms with Gasteiger partial charge in [-0.2, -0.15) is 13.2 Å². The third-order valence-electron chi connectivity index (χ3n) is 8.53. The van der Waals surface area contributed by atoms with Crippen LogP contribution < -0.4 is 10.3 Å². The molecule has 3 atom stereocenters. The van der Waals surface area contributed by atoms with E-state index in [2.05, 4.69) is 10.3 Å². The van der Waals surface area contributed by atoms with Crippen LogP contribution in [0.15, 0.2) is 47.3 Å². The summed E-state index contributed by atoms with van der Waals surface area (Å²) in [6, 6.07) is 9.34. The number of aromatic nitrogens is 3. The maximum absolute atomic E-state index is 13.4. The standard InChI is InChI=1S/C30H32F3N3O5/c31-30(32,33)21-9-13-25-24(16-21)28(38)36(35-34-25)17-20-8-12-23(26(20)29(39)40)27(37)19-6-10-22(11-7-19)41-15-14-18-4-2-1-3-5-18/h6-7,9-11,13,16,18,20,23,26H,1-5,8,12,14-15,17H2,(H,39,40)/t20-,23-,26-/m0/s1. The van der Waals surface area contributed by atoms with Crippen molar-refractivity contribution in [3.63, 3.8) is 0 Å². The van der Waals surface area contributed by atoms with Crippen LogP contribution in [0.4, 0.5) is 13.2 Å². The van der Waals surface area contributed by atoms with E-state index in [1.807, 2.05) is 0 Å². The van der Waals surface area contributed by atoms with Gasteiger partial charge in [0.05, 0.1) is 30.0 Å². The van der Waals surface area contributed by atoms with Gasteiger partial charge in [0.15, 0.2) is 5.78 Å². The van der Waals surface area contributed by atoms with Crippen LogP contribution in [0, 0.1) is 23.7 Å². The van der Waals surface area contributed by atoms with Gasteiger partial charge >= 0.3 is 12.1 Å². The molecular weight excluding hydrogens is 539 g/mol. The van der Waals surface area contributed by atoms with Gasteiger partial charge in [0.1, 0.15) is 11.3 Å². The number of halogens is 3. The fraction of sp³-hybridized carbons (Fsp3) is 0.500. The van der Waals surface area contributed by atoms with Crippen molar-refractivity contribution in [1.82, 2.24) is 15.0 Å². The van der Waals surface area contributed by atoms with Crippen molar-refractivity contribution in [1.29, 1.82) is 0 Å². The molecule has 2 aliphatic rings. The average molecular weight is 572 g/mol. The number of carbonyl (C=O) groups is 2. The molecule has 8 nitrogen and oxygen atoms in total. The normalized spacial score (nSPS) is 21.7. The van der Waals surface area contributed by atoms with Crippen LogP contribution in [0.3, 0.4) is 0 Å². The second kappa shape index (κ2) is 12.0. The van der Waals surface area contributed by atoms with Gasteiger partial charge in [0.2, 0.25) is 0 Å². The summed E-state index contributed by atoms with van der Waals surface area (Å²) in [6.07, 6.45) is 3.33. The quantitative estimate of drug-likeness (QED) is 0.325. The molecule has 11 heteroatoms. The number of carboxylic acid groups (broad SMARTS) is 1. The number of ether oxygens (including phenoxy) is 1. The number of carbonyl (C=O) groups excluding carboxylic acids is 1. The molecule has 1 aromatic heterocycles. The molecule has 41 heavy (non-hydrogen) atoms. The third kappa shape index (κ3) is 6.44. The minimum atomic E-state index is -4.64. The number of alkyl halides is 3. The zero-order valence-electron chi connectivity index (χ0n) is 22.5. The predicted molar refractivity (Wildman–Crippen MR) is 144 cm³/mol. The Balaban J connectivity index is 1.26. The van der Waals surface area contributed by atoms with E-state index < -0.39 is 41.0 Å². The van der Waals surface area contributed by atoms with Gasteiger partial charge < -0.3 is 9.84 Å². The van der Waals surface area contributed by atoms with Gasteiger partial charge in [-0.05, 0) is 73.6 Å². The average Bonchev–Trinajstić information content (AvgIpc) is 3.38. The van der Waals surface area contributed by atoms with Crippen molar-refractivity contribution in [3.05, 3.63) is 63.9 Å². The molecule has 3 aromatic rings. The van der Waals surface area contributed by atoms with Crippen molar-refractivity contribution in [2.45, 2.75) is 64.1 Å². The summed E-state index contributed by atoms with van der Waals surface area (Å²) >= 11 is 0. The Morgan fingerprint density at radius 2 is 1.73 bits per heavy atom. The van der Waals surface area contributed by atoms with Crippen LogP contribution >= 0.6 is 0 Å². The van der Waals surface area contributed by atoms with E-state index in [9.17, 15) is 32.7 Å². The smallest absolute Gasteiger partial charge is 0.416 e. The van der Waals surface area contributed by atoms with E-state index in [4.69, 9.17) is 4.74 Å². The van der Waals surface area contributed by atoms with E-state index in [0.29, 0.717) is 36.7 Å². The molecule has 0 radical (unpaired) electrons. The second-order valence-electron chi connectivity index (χ2n) is 11.1. The van der Waals surface area contributed by atoms with Crippen molar-refractivity contribution < 1.29 is 32.6 Å². The molecule has 1 N–H and O–H groups in total. The first-order valence-corrected chi connectivity index (χ1v) is 14.1. The molecule has 0 bridgehead atoms. The molecule has 1 heterocycles. The number of Topliss-reactive ketones (excluding diaryl/α,β-unsaturated/α-hetero) is 1. The highest BCUT2D eigenvalue weighted by Crippen LogP contribution is 2.40. The predicted octanol–water partition coefficient (Wildman–Crippen LogP) is 5.77. The lowest BCUT2D eigenvalue weighted by atomic mass is 9.84. The number of nitrogens with zero attached hydrogens (tertiary/aromatic N) is 3. The lowest BCUT2D eigenvalue weighted by molar-refractivity contribution is -0.144. The van der Waals surface area contributed by atoms with E-state index in [1.54, 1.807) is 24.3 Å². The van der Waals surface area contributed by atoms with Gasteiger partial charge in [-0.3, -0.25) is 14.4 Å². The summed E-state index contributed by atoms with van der Waals surface area (Å²) < 4.78 is 46.3. The van der Waals surface area contributed by atoms with E-state index in [-0.39, 0.29) is 23.2 Å². The summed E-state index contributed by atoms with van der Waals surface area (Å²) in [6.45, 7) is 0.435. The fourth-order valence-corrected chi connectivity index (χ4v) is 6.30. The number of ketones is 1. The molecule has 0 spiro atoms. The summed E-state index contributed by atoms with van der Waals surface area (Å²) in [5.41, 5.74) is -1.39. The van der Waals surface area contributed by atoms with E-state index in [0.717, 1.165) is 29.3 Å². The van der Waals surface area contributed by atoms with Gasteiger partial charge in [-0.25, -0.2) is 4.68 Å². The number of aliphatic carboxylic acids is 1. The molecule has 0 unspecified atom stereocenters. The first kappa shape index (κ1) is 28.8. The van der Waals surface area contributed by atoms with Crippen LogP contribution in [-0.2, 0) is 17.5 Å². The molecule has 0 saturated heterocycles. The maximum atomic E-state index is 13.4. The second-order valence-corrected chi connectivity index (χ2v) is 11.1. The highest BCUT2D eigenvalue weighted by atomic mass is 19.4. The molecule has 0 aliphatic heterocycles. The van der Waals surface area contributed by atoms with Gasteiger partial charge in [0.25, 0.3) is 5.56 Å². The van der Waals surface area contributed by atoms with Gasteiger partial charge in [-0.1, -0.05) is 37.3 Å². The molecule has 2 saturated carbocycles. The van der Waals surface area contributed by atoms with Crippen molar-refractivity contribution in [2.75, 3.05) is 6.61 Å². The summed E-state index contributed by atoms with van der Waals surface area (Å²) in [5, 5.41) is 17.4. The molecule has 0 amide bonds. The molecule has 2 aromatic carbocycles.